The van der Waals surface area contributed by atoms with Gasteiger partial charge in [0.15, 0.2) is 5.11 Å². The summed E-state index contributed by atoms with van der Waals surface area (Å²) in [5, 5.41) is 12.6. The minimum absolute atomic E-state index is 0.416. The predicted molar refractivity (Wildman–Crippen MR) is 125 cm³/mol. The number of nitrogens with zero attached hydrogens (tertiary/aromatic N) is 4. The van der Waals surface area contributed by atoms with Gasteiger partial charge in [0.2, 0.25) is 0 Å². The van der Waals surface area contributed by atoms with Crippen molar-refractivity contribution in [2.75, 3.05) is 5.32 Å². The first-order chi connectivity index (χ1) is 14.7. The second-order valence-corrected chi connectivity index (χ2v) is 7.00. The van der Waals surface area contributed by atoms with E-state index in [1.54, 1.807) is 18.6 Å². The number of thiocarbonyl (C=S) groups is 1. The van der Waals surface area contributed by atoms with Crippen LogP contribution in [0.25, 0.3) is 16.9 Å². The van der Waals surface area contributed by atoms with E-state index in [1.165, 1.54) is 0 Å². The smallest absolute Gasteiger partial charge is 0.191 e. The first-order valence-corrected chi connectivity index (χ1v) is 9.83. The van der Waals surface area contributed by atoms with Crippen LogP contribution in [-0.4, -0.2) is 26.1 Å². The van der Waals surface area contributed by atoms with Crippen molar-refractivity contribution in [2.45, 2.75) is 6.92 Å². The quantitative estimate of drug-likeness (QED) is 0.286. The molecule has 6 nitrogen and oxygen atoms in total. The molecule has 0 spiro atoms. The first-order valence-electron chi connectivity index (χ1n) is 9.42. The van der Waals surface area contributed by atoms with Gasteiger partial charge in [0, 0.05) is 35.4 Å². The zero-order valence-electron chi connectivity index (χ0n) is 16.4. The molecule has 2 aromatic heterocycles. The summed E-state index contributed by atoms with van der Waals surface area (Å²) in [4.78, 5) is 4.21. The lowest BCUT2D eigenvalue weighted by atomic mass is 10.1. The third-order valence-electron chi connectivity index (χ3n) is 4.46. The molecule has 0 saturated carbocycles. The van der Waals surface area contributed by atoms with Crippen LogP contribution >= 0.6 is 12.2 Å². The summed E-state index contributed by atoms with van der Waals surface area (Å²) in [6.45, 7) is 2.02. The van der Waals surface area contributed by atoms with Gasteiger partial charge in [0.05, 0.1) is 11.9 Å². The number of hydrogen-bond acceptors (Lipinski definition) is 4. The molecule has 0 saturated heterocycles. The molecule has 0 amide bonds. The number of para-hydroxylation sites is 2. The van der Waals surface area contributed by atoms with Gasteiger partial charge < -0.3 is 5.32 Å². The summed E-state index contributed by atoms with van der Waals surface area (Å²) in [5.41, 5.74) is 8.43. The van der Waals surface area contributed by atoms with Gasteiger partial charge in [-0.25, -0.2) is 4.68 Å². The van der Waals surface area contributed by atoms with E-state index in [0.29, 0.717) is 5.11 Å². The lowest BCUT2D eigenvalue weighted by Gasteiger charge is -2.09. The summed E-state index contributed by atoms with van der Waals surface area (Å²) in [7, 11) is 0. The lowest BCUT2D eigenvalue weighted by Crippen LogP contribution is -2.24. The number of aromatic nitrogens is 3. The van der Waals surface area contributed by atoms with Crippen molar-refractivity contribution < 1.29 is 0 Å². The van der Waals surface area contributed by atoms with E-state index in [0.717, 1.165) is 33.8 Å². The molecule has 4 rings (SSSR count). The molecule has 0 unspecified atom stereocenters. The van der Waals surface area contributed by atoms with E-state index in [-0.39, 0.29) is 0 Å². The van der Waals surface area contributed by atoms with Crippen LogP contribution in [0.5, 0.6) is 0 Å². The van der Waals surface area contributed by atoms with Crippen molar-refractivity contribution >= 4 is 29.2 Å². The van der Waals surface area contributed by atoms with Crippen molar-refractivity contribution in [3.8, 4) is 16.9 Å². The molecule has 148 valence electrons. The Labute approximate surface area is 180 Å². The van der Waals surface area contributed by atoms with Gasteiger partial charge in [-0.2, -0.15) is 10.2 Å². The van der Waals surface area contributed by atoms with Crippen LogP contribution in [-0.2, 0) is 0 Å². The third kappa shape index (κ3) is 4.59. The summed E-state index contributed by atoms with van der Waals surface area (Å²) >= 11 is 5.35. The molecule has 2 heterocycles. The van der Waals surface area contributed by atoms with Crippen molar-refractivity contribution in [3.63, 3.8) is 0 Å². The number of benzene rings is 2. The van der Waals surface area contributed by atoms with Gasteiger partial charge in [0.1, 0.15) is 5.69 Å². The fraction of sp³-hybridized carbons (Fsp3) is 0.0435. The highest BCUT2D eigenvalue weighted by molar-refractivity contribution is 7.80. The Morgan fingerprint density at radius 1 is 1.03 bits per heavy atom. The van der Waals surface area contributed by atoms with Crippen molar-refractivity contribution in [2.24, 2.45) is 5.10 Å². The molecule has 4 aromatic rings. The van der Waals surface area contributed by atoms with Gasteiger partial charge in [0.25, 0.3) is 0 Å². The maximum atomic E-state index is 5.35. The number of nitrogens with one attached hydrogen (secondary N) is 2. The summed E-state index contributed by atoms with van der Waals surface area (Å²) in [6, 6.07) is 21.7. The fourth-order valence-corrected chi connectivity index (χ4v) is 3.11. The maximum Gasteiger partial charge on any atom is 0.191 e. The Morgan fingerprint density at radius 2 is 1.83 bits per heavy atom. The van der Waals surface area contributed by atoms with Gasteiger partial charge in [-0.1, -0.05) is 36.4 Å². The number of aryl methyl sites for hydroxylation is 1. The van der Waals surface area contributed by atoms with Gasteiger partial charge in [-0.05, 0) is 55.0 Å². The van der Waals surface area contributed by atoms with Crippen molar-refractivity contribution in [1.82, 2.24) is 20.2 Å². The summed E-state index contributed by atoms with van der Waals surface area (Å²) in [5.74, 6) is 0. The van der Waals surface area contributed by atoms with Crippen LogP contribution in [0, 0.1) is 6.92 Å². The van der Waals surface area contributed by atoms with Gasteiger partial charge in [-0.3, -0.25) is 10.4 Å². The van der Waals surface area contributed by atoms with Crippen LogP contribution in [0.15, 0.2) is 90.4 Å². The number of hydrazone groups is 1. The highest BCUT2D eigenvalue weighted by atomic mass is 32.1. The van der Waals surface area contributed by atoms with Crippen LogP contribution in [0.2, 0.25) is 0 Å². The molecule has 0 aliphatic carbocycles. The normalized spacial score (nSPS) is 10.8. The predicted octanol–water partition coefficient (Wildman–Crippen LogP) is 4.56. The van der Waals surface area contributed by atoms with E-state index in [9.17, 15) is 0 Å². The minimum Gasteiger partial charge on any atom is -0.331 e. The van der Waals surface area contributed by atoms with E-state index in [1.807, 2.05) is 84.5 Å². The second-order valence-electron chi connectivity index (χ2n) is 6.59. The molecule has 0 radical (unpaired) electrons. The van der Waals surface area contributed by atoms with E-state index in [4.69, 9.17) is 17.3 Å². The first kappa shape index (κ1) is 19.5. The Hall–Kier alpha value is -3.84. The average molecular weight is 413 g/mol. The molecule has 7 heteroatoms. The number of hydrogen-bond donors (Lipinski definition) is 2. The number of rotatable bonds is 5. The fourth-order valence-electron chi connectivity index (χ4n) is 2.95. The zero-order valence-corrected chi connectivity index (χ0v) is 17.2. The zero-order chi connectivity index (χ0) is 20.8. The molecule has 30 heavy (non-hydrogen) atoms. The van der Waals surface area contributed by atoms with Crippen LogP contribution < -0.4 is 10.7 Å². The van der Waals surface area contributed by atoms with E-state index in [2.05, 4.69) is 20.8 Å². The van der Waals surface area contributed by atoms with Crippen LogP contribution in [0.4, 0.5) is 5.69 Å². The molecule has 0 atom stereocenters. The second kappa shape index (κ2) is 9.11. The lowest BCUT2D eigenvalue weighted by molar-refractivity contribution is 0.884. The Bertz CT molecular complexity index is 1170. The Morgan fingerprint density at radius 3 is 2.60 bits per heavy atom. The molecule has 0 aliphatic rings. The highest BCUT2D eigenvalue weighted by Crippen LogP contribution is 2.21. The minimum atomic E-state index is 0.416. The van der Waals surface area contributed by atoms with Crippen LogP contribution in [0.3, 0.4) is 0 Å². The average Bonchev–Trinajstić information content (AvgIpc) is 3.21. The molecule has 0 bridgehead atoms. The third-order valence-corrected chi connectivity index (χ3v) is 4.65. The van der Waals surface area contributed by atoms with E-state index < -0.39 is 0 Å². The monoisotopic (exact) mass is 412 g/mol. The van der Waals surface area contributed by atoms with Crippen molar-refractivity contribution in [3.05, 3.63) is 96.4 Å². The largest absolute Gasteiger partial charge is 0.331 e. The maximum absolute atomic E-state index is 5.35. The highest BCUT2D eigenvalue weighted by Gasteiger charge is 2.11. The molecule has 2 N–H and O–H groups in total. The van der Waals surface area contributed by atoms with Gasteiger partial charge >= 0.3 is 0 Å². The topological polar surface area (TPSA) is 67.1 Å². The summed E-state index contributed by atoms with van der Waals surface area (Å²) in [6.07, 6.45) is 7.16. The number of anilines is 1. The Kier molecular flexibility index (Phi) is 5.91. The van der Waals surface area contributed by atoms with E-state index >= 15 is 0 Å². The van der Waals surface area contributed by atoms with Crippen LogP contribution in [0.1, 0.15) is 11.1 Å². The van der Waals surface area contributed by atoms with Crippen molar-refractivity contribution in [1.29, 1.82) is 0 Å². The standard InChI is InChI=1S/C23H20N6S/c1-17-8-5-6-12-21(17)26-23(30)27-25-15-19-16-29(20-10-3-2-4-11-20)28-22(19)18-9-7-13-24-14-18/h2-16H,1H3,(H2,26,27,30)/b25-15-. The molecule has 0 fully saturated rings. The molecular formula is C23H20N6S. The SMILES string of the molecule is Cc1ccccc1NC(=S)N/N=C\c1cn(-c2ccccc2)nc1-c1cccnc1. The van der Waals surface area contributed by atoms with Gasteiger partial charge in [-0.15, -0.1) is 0 Å². The molecule has 0 aliphatic heterocycles. The molecular weight excluding hydrogens is 392 g/mol. The summed E-state index contributed by atoms with van der Waals surface area (Å²) < 4.78 is 1.83. The Balaban J connectivity index is 1.56. The molecule has 2 aromatic carbocycles. The number of pyridine rings is 1.